The van der Waals surface area contributed by atoms with Gasteiger partial charge in [0.25, 0.3) is 5.91 Å². The SMILES string of the molecule is C=CCOc1ccccc1C(=O)NC1COCC1C(=O)O. The number of benzene rings is 1. The molecule has 1 aliphatic heterocycles. The second-order valence-corrected chi connectivity index (χ2v) is 4.66. The van der Waals surface area contributed by atoms with Crippen molar-refractivity contribution in [1.29, 1.82) is 0 Å². The number of aliphatic carboxylic acids is 1. The number of ether oxygens (including phenoxy) is 2. The molecule has 1 aliphatic rings. The highest BCUT2D eigenvalue weighted by molar-refractivity contribution is 5.97. The van der Waals surface area contributed by atoms with E-state index in [1.807, 2.05) is 0 Å². The minimum Gasteiger partial charge on any atom is -0.489 e. The zero-order valence-corrected chi connectivity index (χ0v) is 11.5. The minimum absolute atomic E-state index is 0.106. The number of carboxylic acid groups (broad SMARTS) is 1. The topological polar surface area (TPSA) is 84.9 Å². The summed E-state index contributed by atoms with van der Waals surface area (Å²) in [4.78, 5) is 23.4. The number of carboxylic acids is 1. The largest absolute Gasteiger partial charge is 0.489 e. The average molecular weight is 291 g/mol. The van der Waals surface area contributed by atoms with Crippen LogP contribution in [-0.2, 0) is 9.53 Å². The lowest BCUT2D eigenvalue weighted by Crippen LogP contribution is -2.42. The molecule has 6 nitrogen and oxygen atoms in total. The van der Waals surface area contributed by atoms with Gasteiger partial charge in [-0.25, -0.2) is 0 Å². The van der Waals surface area contributed by atoms with E-state index in [1.165, 1.54) is 0 Å². The van der Waals surface area contributed by atoms with E-state index in [-0.39, 0.29) is 25.7 Å². The molecule has 0 radical (unpaired) electrons. The van der Waals surface area contributed by atoms with Gasteiger partial charge in [-0.05, 0) is 12.1 Å². The van der Waals surface area contributed by atoms with Crippen LogP contribution in [0.1, 0.15) is 10.4 Å². The number of nitrogens with one attached hydrogen (secondary N) is 1. The number of amides is 1. The first-order valence-electron chi connectivity index (χ1n) is 6.57. The molecule has 112 valence electrons. The molecule has 0 saturated carbocycles. The van der Waals surface area contributed by atoms with Gasteiger partial charge in [0.05, 0.1) is 24.8 Å². The van der Waals surface area contributed by atoms with Crippen LogP contribution in [0.3, 0.4) is 0 Å². The molecule has 0 aliphatic carbocycles. The molecule has 1 aromatic carbocycles. The van der Waals surface area contributed by atoms with E-state index in [4.69, 9.17) is 14.6 Å². The van der Waals surface area contributed by atoms with Gasteiger partial charge in [0.15, 0.2) is 0 Å². The van der Waals surface area contributed by atoms with E-state index < -0.39 is 17.9 Å². The third-order valence-corrected chi connectivity index (χ3v) is 3.20. The highest BCUT2D eigenvalue weighted by Crippen LogP contribution is 2.20. The molecular formula is C15H17NO5. The summed E-state index contributed by atoms with van der Waals surface area (Å²) in [5.74, 6) is -1.65. The maximum Gasteiger partial charge on any atom is 0.311 e. The second-order valence-electron chi connectivity index (χ2n) is 4.66. The molecular weight excluding hydrogens is 274 g/mol. The van der Waals surface area contributed by atoms with Crippen molar-refractivity contribution in [3.05, 3.63) is 42.5 Å². The summed E-state index contributed by atoms with van der Waals surface area (Å²) in [6.45, 7) is 4.14. The van der Waals surface area contributed by atoms with Crippen LogP contribution in [0.15, 0.2) is 36.9 Å². The Hall–Kier alpha value is -2.34. The van der Waals surface area contributed by atoms with E-state index >= 15 is 0 Å². The standard InChI is InChI=1S/C15H17NO5/c1-2-7-21-13-6-4-3-5-10(13)14(17)16-12-9-20-8-11(12)15(18)19/h2-6,11-12H,1,7-9H2,(H,16,17)(H,18,19). The number of hydrogen-bond donors (Lipinski definition) is 2. The van der Waals surface area contributed by atoms with Gasteiger partial charge in [-0.1, -0.05) is 24.8 Å². The number of para-hydroxylation sites is 1. The Balaban J connectivity index is 2.09. The summed E-state index contributed by atoms with van der Waals surface area (Å²) in [6.07, 6.45) is 1.58. The maximum atomic E-state index is 12.3. The first-order valence-corrected chi connectivity index (χ1v) is 6.57. The minimum atomic E-state index is -0.978. The molecule has 6 heteroatoms. The van der Waals surface area contributed by atoms with Crippen LogP contribution in [-0.4, -0.2) is 42.8 Å². The molecule has 1 amide bonds. The van der Waals surface area contributed by atoms with E-state index in [2.05, 4.69) is 11.9 Å². The van der Waals surface area contributed by atoms with Crippen molar-refractivity contribution in [3.8, 4) is 5.75 Å². The Morgan fingerprint density at radius 1 is 1.43 bits per heavy atom. The summed E-state index contributed by atoms with van der Waals surface area (Å²) in [5.41, 5.74) is 0.357. The molecule has 1 heterocycles. The number of carbonyl (C=O) groups is 2. The highest BCUT2D eigenvalue weighted by Gasteiger charge is 2.35. The van der Waals surface area contributed by atoms with Crippen molar-refractivity contribution in [2.75, 3.05) is 19.8 Å². The van der Waals surface area contributed by atoms with Crippen molar-refractivity contribution in [1.82, 2.24) is 5.32 Å². The molecule has 21 heavy (non-hydrogen) atoms. The quantitative estimate of drug-likeness (QED) is 0.766. The molecule has 2 atom stereocenters. The predicted molar refractivity (Wildman–Crippen MR) is 75.3 cm³/mol. The van der Waals surface area contributed by atoms with Gasteiger partial charge in [0.2, 0.25) is 0 Å². The summed E-state index contributed by atoms with van der Waals surface area (Å²) >= 11 is 0. The van der Waals surface area contributed by atoms with Gasteiger partial charge in [0, 0.05) is 0 Å². The van der Waals surface area contributed by atoms with Crippen LogP contribution in [0.25, 0.3) is 0 Å². The first kappa shape index (κ1) is 15.1. The van der Waals surface area contributed by atoms with Crippen LogP contribution < -0.4 is 10.1 Å². The number of carbonyl (C=O) groups excluding carboxylic acids is 1. The number of hydrogen-bond acceptors (Lipinski definition) is 4. The summed E-state index contributed by atoms with van der Waals surface area (Å²) in [5, 5.41) is 11.8. The molecule has 0 bridgehead atoms. The molecule has 2 N–H and O–H groups in total. The molecule has 0 spiro atoms. The highest BCUT2D eigenvalue weighted by atomic mass is 16.5. The van der Waals surface area contributed by atoms with Crippen LogP contribution >= 0.6 is 0 Å². The van der Waals surface area contributed by atoms with Gasteiger partial charge >= 0.3 is 5.97 Å². The smallest absolute Gasteiger partial charge is 0.311 e. The zero-order valence-electron chi connectivity index (χ0n) is 11.5. The van der Waals surface area contributed by atoms with Crippen LogP contribution in [0.5, 0.6) is 5.75 Å². The lowest BCUT2D eigenvalue weighted by atomic mass is 10.0. The average Bonchev–Trinajstić information content (AvgIpc) is 2.93. The van der Waals surface area contributed by atoms with E-state index in [1.54, 1.807) is 30.3 Å². The summed E-state index contributed by atoms with van der Waals surface area (Å²) < 4.78 is 10.5. The van der Waals surface area contributed by atoms with Crippen LogP contribution in [0, 0.1) is 5.92 Å². The monoisotopic (exact) mass is 291 g/mol. The number of rotatable bonds is 6. The lowest BCUT2D eigenvalue weighted by Gasteiger charge is -2.17. The Kier molecular flexibility index (Phi) is 4.94. The molecule has 1 saturated heterocycles. The van der Waals surface area contributed by atoms with Gasteiger partial charge in [-0.3, -0.25) is 9.59 Å². The molecule has 2 unspecified atom stereocenters. The van der Waals surface area contributed by atoms with Crippen LogP contribution in [0.2, 0.25) is 0 Å². The lowest BCUT2D eigenvalue weighted by molar-refractivity contribution is -0.142. The predicted octanol–water partition coefficient (Wildman–Crippen LogP) is 1.08. The van der Waals surface area contributed by atoms with E-state index in [9.17, 15) is 9.59 Å². The molecule has 1 fully saturated rings. The van der Waals surface area contributed by atoms with Crippen molar-refractivity contribution in [2.24, 2.45) is 5.92 Å². The van der Waals surface area contributed by atoms with E-state index in [0.29, 0.717) is 11.3 Å². The first-order chi connectivity index (χ1) is 10.1. The zero-order chi connectivity index (χ0) is 15.2. The Morgan fingerprint density at radius 3 is 2.90 bits per heavy atom. The Bertz CT molecular complexity index is 543. The molecule has 1 aromatic rings. The Morgan fingerprint density at radius 2 is 2.19 bits per heavy atom. The van der Waals surface area contributed by atoms with Gasteiger partial charge in [-0.2, -0.15) is 0 Å². The normalized spacial score (nSPS) is 20.8. The third-order valence-electron chi connectivity index (χ3n) is 3.20. The van der Waals surface area contributed by atoms with Gasteiger partial charge in [-0.15, -0.1) is 0 Å². The molecule has 2 rings (SSSR count). The van der Waals surface area contributed by atoms with Crippen molar-refractivity contribution >= 4 is 11.9 Å². The maximum absolute atomic E-state index is 12.3. The van der Waals surface area contributed by atoms with E-state index in [0.717, 1.165) is 0 Å². The van der Waals surface area contributed by atoms with Crippen molar-refractivity contribution in [3.63, 3.8) is 0 Å². The fraction of sp³-hybridized carbons (Fsp3) is 0.333. The summed E-state index contributed by atoms with van der Waals surface area (Å²) in [6, 6.07) is 6.24. The Labute approximate surface area is 122 Å². The summed E-state index contributed by atoms with van der Waals surface area (Å²) in [7, 11) is 0. The fourth-order valence-electron chi connectivity index (χ4n) is 2.11. The van der Waals surface area contributed by atoms with Crippen molar-refractivity contribution < 1.29 is 24.2 Å². The fourth-order valence-corrected chi connectivity index (χ4v) is 2.11. The second kappa shape index (κ2) is 6.90. The van der Waals surface area contributed by atoms with Gasteiger partial charge in [0.1, 0.15) is 18.3 Å². The van der Waals surface area contributed by atoms with Crippen LogP contribution in [0.4, 0.5) is 0 Å². The molecule has 0 aromatic heterocycles. The van der Waals surface area contributed by atoms with Crippen molar-refractivity contribution in [2.45, 2.75) is 6.04 Å². The third kappa shape index (κ3) is 3.61. The van der Waals surface area contributed by atoms with Gasteiger partial charge < -0.3 is 19.9 Å².